The highest BCUT2D eigenvalue weighted by Gasteiger charge is 2.27. The lowest BCUT2D eigenvalue weighted by atomic mass is 9.96. The molecule has 0 radical (unpaired) electrons. The second-order valence-electron chi connectivity index (χ2n) is 7.89. The van der Waals surface area contributed by atoms with Crippen LogP contribution in [-0.2, 0) is 34.1 Å². The van der Waals surface area contributed by atoms with E-state index < -0.39 is 0 Å². The Hall–Kier alpha value is -2.66. The zero-order valence-electron chi connectivity index (χ0n) is 17.8. The number of nitrogens with zero attached hydrogens (tertiary/aromatic N) is 1. The Balaban J connectivity index is 1.50. The normalized spacial score (nSPS) is 16.3. The van der Waals surface area contributed by atoms with E-state index in [1.165, 1.54) is 0 Å². The first-order chi connectivity index (χ1) is 14.7. The van der Waals surface area contributed by atoms with Crippen LogP contribution in [0.5, 0.6) is 0 Å². The van der Waals surface area contributed by atoms with E-state index in [2.05, 4.69) is 5.32 Å². The second-order valence-corrected chi connectivity index (χ2v) is 7.89. The summed E-state index contributed by atoms with van der Waals surface area (Å²) < 4.78 is 5.88. The first-order valence-corrected chi connectivity index (χ1v) is 10.9. The molecule has 30 heavy (non-hydrogen) atoms. The van der Waals surface area contributed by atoms with Crippen molar-refractivity contribution in [1.82, 2.24) is 10.2 Å². The van der Waals surface area contributed by atoms with E-state index in [1.54, 1.807) is 0 Å². The summed E-state index contributed by atoms with van der Waals surface area (Å²) >= 11 is 0. The molecule has 1 fully saturated rings. The summed E-state index contributed by atoms with van der Waals surface area (Å²) in [6.07, 6.45) is 3.13. The molecule has 0 spiro atoms. The fourth-order valence-corrected chi connectivity index (χ4v) is 3.84. The van der Waals surface area contributed by atoms with Crippen molar-refractivity contribution in [3.05, 3.63) is 71.3 Å². The number of carbonyl (C=O) groups is 2. The van der Waals surface area contributed by atoms with Crippen LogP contribution >= 0.6 is 0 Å². The number of benzene rings is 2. The molecule has 3 rings (SSSR count). The summed E-state index contributed by atoms with van der Waals surface area (Å²) in [7, 11) is 0. The summed E-state index contributed by atoms with van der Waals surface area (Å²) in [4.78, 5) is 26.8. The smallest absolute Gasteiger partial charge is 0.225 e. The number of rotatable bonds is 9. The first-order valence-electron chi connectivity index (χ1n) is 10.9. The maximum Gasteiger partial charge on any atom is 0.225 e. The number of likely N-dealkylation sites (tertiary alicyclic amines) is 1. The van der Waals surface area contributed by atoms with Gasteiger partial charge in [-0.3, -0.25) is 9.59 Å². The van der Waals surface area contributed by atoms with Crippen LogP contribution < -0.4 is 5.32 Å². The molecule has 0 bridgehead atoms. The van der Waals surface area contributed by atoms with Gasteiger partial charge in [-0.05, 0) is 36.0 Å². The molecule has 0 saturated carbocycles. The molecular formula is C25H32N2O3. The average molecular weight is 409 g/mol. The van der Waals surface area contributed by atoms with E-state index in [0.29, 0.717) is 32.7 Å². The number of nitrogens with one attached hydrogen (secondary N) is 1. The Morgan fingerprint density at radius 2 is 1.77 bits per heavy atom. The van der Waals surface area contributed by atoms with E-state index in [0.717, 1.165) is 42.5 Å². The molecule has 2 amide bonds. The van der Waals surface area contributed by atoms with Crippen molar-refractivity contribution in [2.24, 2.45) is 5.92 Å². The van der Waals surface area contributed by atoms with Crippen LogP contribution in [0.25, 0.3) is 0 Å². The summed E-state index contributed by atoms with van der Waals surface area (Å²) in [6.45, 7) is 4.85. The van der Waals surface area contributed by atoms with Crippen molar-refractivity contribution in [3.8, 4) is 0 Å². The molecule has 1 N–H and O–H groups in total. The minimum atomic E-state index is -0.124. The van der Waals surface area contributed by atoms with E-state index in [4.69, 9.17) is 4.74 Å². The van der Waals surface area contributed by atoms with E-state index in [9.17, 15) is 9.59 Å². The lowest BCUT2D eigenvalue weighted by molar-refractivity contribution is -0.135. The largest absolute Gasteiger partial charge is 0.372 e. The van der Waals surface area contributed by atoms with E-state index in [1.807, 2.05) is 66.4 Å². The number of hydrogen-bond donors (Lipinski definition) is 1. The van der Waals surface area contributed by atoms with Gasteiger partial charge in [0.2, 0.25) is 11.8 Å². The summed E-state index contributed by atoms with van der Waals surface area (Å²) in [5.74, 6) is 0.0703. The van der Waals surface area contributed by atoms with Gasteiger partial charge >= 0.3 is 0 Å². The Bertz CT molecular complexity index is 822. The summed E-state index contributed by atoms with van der Waals surface area (Å²) in [5.41, 5.74) is 3.29. The SMILES string of the molecule is CCCC(=O)N1CCCC(C(=O)NCc2ccccc2COCc2ccccc2)C1. The summed E-state index contributed by atoms with van der Waals surface area (Å²) in [5, 5.41) is 3.08. The third kappa shape index (κ3) is 6.42. The maximum atomic E-state index is 12.7. The first kappa shape index (κ1) is 22.0. The Labute approximate surface area is 179 Å². The fourth-order valence-electron chi connectivity index (χ4n) is 3.84. The lowest BCUT2D eigenvalue weighted by Gasteiger charge is -2.32. The highest BCUT2D eigenvalue weighted by atomic mass is 16.5. The van der Waals surface area contributed by atoms with Gasteiger partial charge in [-0.25, -0.2) is 0 Å². The Kier molecular flexibility index (Phi) is 8.45. The zero-order valence-corrected chi connectivity index (χ0v) is 17.8. The lowest BCUT2D eigenvalue weighted by Crippen LogP contribution is -2.45. The molecule has 0 aromatic heterocycles. The highest BCUT2D eigenvalue weighted by Crippen LogP contribution is 2.18. The number of hydrogen-bond acceptors (Lipinski definition) is 3. The van der Waals surface area contributed by atoms with Crippen molar-refractivity contribution < 1.29 is 14.3 Å². The van der Waals surface area contributed by atoms with Gasteiger partial charge in [0.15, 0.2) is 0 Å². The highest BCUT2D eigenvalue weighted by molar-refractivity contribution is 5.81. The topological polar surface area (TPSA) is 58.6 Å². The van der Waals surface area contributed by atoms with Crippen molar-refractivity contribution >= 4 is 11.8 Å². The molecule has 160 valence electrons. The van der Waals surface area contributed by atoms with E-state index in [-0.39, 0.29) is 17.7 Å². The van der Waals surface area contributed by atoms with Gasteiger partial charge in [0.05, 0.1) is 19.1 Å². The number of amides is 2. The molecule has 1 saturated heterocycles. The van der Waals surface area contributed by atoms with Crippen molar-refractivity contribution in [2.75, 3.05) is 13.1 Å². The quantitative estimate of drug-likeness (QED) is 0.681. The van der Waals surface area contributed by atoms with Crippen LogP contribution in [0.2, 0.25) is 0 Å². The van der Waals surface area contributed by atoms with Crippen molar-refractivity contribution in [2.45, 2.75) is 52.4 Å². The molecule has 5 heteroatoms. The van der Waals surface area contributed by atoms with Crippen LogP contribution in [0.4, 0.5) is 0 Å². The number of ether oxygens (including phenoxy) is 1. The van der Waals surface area contributed by atoms with Gasteiger partial charge in [0.25, 0.3) is 0 Å². The van der Waals surface area contributed by atoms with Crippen LogP contribution in [0, 0.1) is 5.92 Å². The van der Waals surface area contributed by atoms with Crippen LogP contribution in [0.15, 0.2) is 54.6 Å². The van der Waals surface area contributed by atoms with Crippen molar-refractivity contribution in [1.29, 1.82) is 0 Å². The molecule has 2 aromatic carbocycles. The van der Waals surface area contributed by atoms with Gasteiger partial charge in [0.1, 0.15) is 0 Å². The molecular weight excluding hydrogens is 376 g/mol. The fraction of sp³-hybridized carbons (Fsp3) is 0.440. The molecule has 0 aliphatic carbocycles. The van der Waals surface area contributed by atoms with Gasteiger partial charge in [0, 0.05) is 26.1 Å². The van der Waals surface area contributed by atoms with Crippen LogP contribution in [0.3, 0.4) is 0 Å². The monoisotopic (exact) mass is 408 g/mol. The molecule has 1 aliphatic heterocycles. The Morgan fingerprint density at radius 3 is 2.53 bits per heavy atom. The van der Waals surface area contributed by atoms with E-state index >= 15 is 0 Å². The van der Waals surface area contributed by atoms with Gasteiger partial charge < -0.3 is 15.0 Å². The Morgan fingerprint density at radius 1 is 1.03 bits per heavy atom. The molecule has 2 aromatic rings. The van der Waals surface area contributed by atoms with Gasteiger partial charge in [-0.1, -0.05) is 61.5 Å². The molecule has 1 aliphatic rings. The molecule has 1 heterocycles. The average Bonchev–Trinajstić information content (AvgIpc) is 2.79. The minimum Gasteiger partial charge on any atom is -0.372 e. The summed E-state index contributed by atoms with van der Waals surface area (Å²) in [6, 6.07) is 18.1. The van der Waals surface area contributed by atoms with Gasteiger partial charge in [-0.2, -0.15) is 0 Å². The van der Waals surface area contributed by atoms with Gasteiger partial charge in [-0.15, -0.1) is 0 Å². The molecule has 5 nitrogen and oxygen atoms in total. The molecule has 1 unspecified atom stereocenters. The standard InChI is InChI=1S/C25H32N2O3/c1-2-9-24(28)27-15-8-14-22(17-27)25(29)26-16-21-12-6-7-13-23(21)19-30-18-20-10-4-3-5-11-20/h3-7,10-13,22H,2,8-9,14-19H2,1H3,(H,26,29). The van der Waals surface area contributed by atoms with Crippen LogP contribution in [0.1, 0.15) is 49.3 Å². The third-order valence-electron chi connectivity index (χ3n) is 5.55. The van der Waals surface area contributed by atoms with Crippen LogP contribution in [-0.4, -0.2) is 29.8 Å². The second kappa shape index (κ2) is 11.5. The predicted octanol–water partition coefficient (Wildman–Crippen LogP) is 4.06. The third-order valence-corrected chi connectivity index (χ3v) is 5.55. The number of carbonyl (C=O) groups excluding carboxylic acids is 2. The predicted molar refractivity (Wildman–Crippen MR) is 117 cm³/mol. The maximum absolute atomic E-state index is 12.7. The number of piperidine rings is 1. The van der Waals surface area contributed by atoms with Crippen molar-refractivity contribution in [3.63, 3.8) is 0 Å². The minimum absolute atomic E-state index is 0.0315. The molecule has 1 atom stereocenters. The zero-order chi connectivity index (χ0) is 21.2.